The summed E-state index contributed by atoms with van der Waals surface area (Å²) >= 11 is 0. The zero-order valence-electron chi connectivity index (χ0n) is 8.66. The lowest BCUT2D eigenvalue weighted by molar-refractivity contribution is 0.624. The van der Waals surface area contributed by atoms with Crippen LogP contribution in [0.4, 0.5) is 10.2 Å². The van der Waals surface area contributed by atoms with Crippen LogP contribution in [-0.2, 0) is 0 Å². The van der Waals surface area contributed by atoms with Crippen LogP contribution in [0.2, 0.25) is 0 Å². The van der Waals surface area contributed by atoms with Gasteiger partial charge in [0.2, 0.25) is 0 Å². The van der Waals surface area contributed by atoms with Gasteiger partial charge in [0.1, 0.15) is 11.6 Å². The Morgan fingerprint density at radius 2 is 1.93 bits per heavy atom. The topological polar surface area (TPSA) is 43.8 Å². The summed E-state index contributed by atoms with van der Waals surface area (Å²) in [6, 6.07) is 6.47. The Kier molecular flexibility index (Phi) is 2.19. The van der Waals surface area contributed by atoms with E-state index >= 15 is 0 Å². The maximum Gasteiger partial charge on any atom is 0.127 e. The lowest BCUT2D eigenvalue weighted by atomic mass is 10.2. The monoisotopic (exact) mass is 205 g/mol. The van der Waals surface area contributed by atoms with Gasteiger partial charge in [0.15, 0.2) is 0 Å². The van der Waals surface area contributed by atoms with Crippen LogP contribution in [0, 0.1) is 19.7 Å². The molecule has 0 saturated heterocycles. The quantitative estimate of drug-likeness (QED) is 0.775. The number of benzene rings is 1. The molecule has 0 saturated carbocycles. The average molecular weight is 205 g/mol. The van der Waals surface area contributed by atoms with Gasteiger partial charge in [0.25, 0.3) is 0 Å². The molecule has 0 amide bonds. The number of aryl methyl sites for hydroxylation is 2. The maximum absolute atomic E-state index is 13.2. The fourth-order valence-electron chi connectivity index (χ4n) is 1.57. The van der Waals surface area contributed by atoms with Gasteiger partial charge in [-0.3, -0.25) is 0 Å². The molecule has 4 heteroatoms. The van der Waals surface area contributed by atoms with Gasteiger partial charge < -0.3 is 5.73 Å². The molecule has 0 unspecified atom stereocenters. The fourth-order valence-corrected chi connectivity index (χ4v) is 1.57. The molecule has 0 aliphatic heterocycles. The molecule has 0 radical (unpaired) electrons. The zero-order chi connectivity index (χ0) is 11.0. The minimum atomic E-state index is -0.280. The van der Waals surface area contributed by atoms with Crippen molar-refractivity contribution in [3.05, 3.63) is 41.3 Å². The van der Waals surface area contributed by atoms with Gasteiger partial charge in [-0.05, 0) is 37.6 Å². The number of nitrogens with two attached hydrogens (primary N) is 1. The Morgan fingerprint density at radius 3 is 2.47 bits per heavy atom. The SMILES string of the molecule is Cc1cc(F)cc(-n2nc(C)cc2N)c1. The average Bonchev–Trinajstić information content (AvgIpc) is 2.43. The summed E-state index contributed by atoms with van der Waals surface area (Å²) in [5, 5.41) is 4.19. The molecule has 0 aliphatic carbocycles. The highest BCUT2D eigenvalue weighted by Gasteiger charge is 2.05. The van der Waals surface area contributed by atoms with Crippen molar-refractivity contribution in [1.82, 2.24) is 9.78 Å². The van der Waals surface area contributed by atoms with Crippen molar-refractivity contribution in [2.45, 2.75) is 13.8 Å². The smallest absolute Gasteiger partial charge is 0.127 e. The lowest BCUT2D eigenvalue weighted by Gasteiger charge is -2.05. The number of hydrogen-bond donors (Lipinski definition) is 1. The van der Waals surface area contributed by atoms with Gasteiger partial charge >= 0.3 is 0 Å². The third-order valence-electron chi connectivity index (χ3n) is 2.13. The molecule has 0 spiro atoms. The Hall–Kier alpha value is -1.84. The van der Waals surface area contributed by atoms with Crippen LogP contribution in [0.3, 0.4) is 0 Å². The van der Waals surface area contributed by atoms with Gasteiger partial charge in [-0.15, -0.1) is 0 Å². The molecule has 0 aliphatic rings. The molecule has 3 nitrogen and oxygen atoms in total. The fraction of sp³-hybridized carbons (Fsp3) is 0.182. The second-order valence-electron chi connectivity index (χ2n) is 3.61. The molecule has 1 aromatic carbocycles. The van der Waals surface area contributed by atoms with Crippen LogP contribution in [0.5, 0.6) is 0 Å². The maximum atomic E-state index is 13.2. The summed E-state index contributed by atoms with van der Waals surface area (Å²) < 4.78 is 14.7. The minimum absolute atomic E-state index is 0.280. The Bertz CT molecular complexity index is 482. The van der Waals surface area contributed by atoms with Crippen LogP contribution in [0.1, 0.15) is 11.3 Å². The van der Waals surface area contributed by atoms with E-state index in [2.05, 4.69) is 5.10 Å². The van der Waals surface area contributed by atoms with Gasteiger partial charge in [-0.2, -0.15) is 5.10 Å². The van der Waals surface area contributed by atoms with E-state index in [0.29, 0.717) is 11.5 Å². The summed E-state index contributed by atoms with van der Waals surface area (Å²) in [7, 11) is 0. The molecule has 0 fully saturated rings. The predicted octanol–water partition coefficient (Wildman–Crippen LogP) is 2.21. The van der Waals surface area contributed by atoms with E-state index in [1.165, 1.54) is 16.8 Å². The van der Waals surface area contributed by atoms with Crippen molar-refractivity contribution >= 4 is 5.82 Å². The zero-order valence-corrected chi connectivity index (χ0v) is 8.66. The molecular formula is C11H12FN3. The van der Waals surface area contributed by atoms with Crippen molar-refractivity contribution in [2.75, 3.05) is 5.73 Å². The van der Waals surface area contributed by atoms with E-state index in [0.717, 1.165) is 11.3 Å². The number of aromatic nitrogens is 2. The summed E-state index contributed by atoms with van der Waals surface area (Å²) in [6.07, 6.45) is 0. The van der Waals surface area contributed by atoms with Crippen molar-refractivity contribution < 1.29 is 4.39 Å². The minimum Gasteiger partial charge on any atom is -0.384 e. The van der Waals surface area contributed by atoms with Crippen LogP contribution >= 0.6 is 0 Å². The number of rotatable bonds is 1. The number of hydrogen-bond acceptors (Lipinski definition) is 2. The first-order valence-electron chi connectivity index (χ1n) is 4.66. The first kappa shape index (κ1) is 9.71. The van der Waals surface area contributed by atoms with Gasteiger partial charge in [-0.1, -0.05) is 0 Å². The van der Waals surface area contributed by atoms with Gasteiger partial charge in [0, 0.05) is 6.07 Å². The summed E-state index contributed by atoms with van der Waals surface area (Å²) in [5.74, 6) is 0.232. The number of anilines is 1. The normalized spacial score (nSPS) is 10.6. The van der Waals surface area contributed by atoms with Crippen LogP contribution in [0.15, 0.2) is 24.3 Å². The van der Waals surface area contributed by atoms with Crippen molar-refractivity contribution in [1.29, 1.82) is 0 Å². The van der Waals surface area contributed by atoms with Crippen LogP contribution < -0.4 is 5.73 Å². The molecule has 2 N–H and O–H groups in total. The molecule has 2 rings (SSSR count). The standard InChI is InChI=1S/C11H12FN3/c1-7-3-9(12)6-10(4-7)15-11(13)5-8(2)14-15/h3-6H,13H2,1-2H3. The summed E-state index contributed by atoms with van der Waals surface area (Å²) in [4.78, 5) is 0. The van der Waals surface area contributed by atoms with E-state index in [4.69, 9.17) is 5.73 Å². The first-order chi connectivity index (χ1) is 7.06. The van der Waals surface area contributed by atoms with Gasteiger partial charge in [0.05, 0.1) is 11.4 Å². The third-order valence-corrected chi connectivity index (χ3v) is 2.13. The van der Waals surface area contributed by atoms with Crippen molar-refractivity contribution in [2.24, 2.45) is 0 Å². The highest BCUT2D eigenvalue weighted by Crippen LogP contribution is 2.16. The molecule has 0 bridgehead atoms. The molecule has 78 valence electrons. The van der Waals surface area contributed by atoms with E-state index in [1.54, 1.807) is 6.07 Å². The van der Waals surface area contributed by atoms with E-state index in [1.807, 2.05) is 19.9 Å². The Labute approximate surface area is 87.3 Å². The Balaban J connectivity index is 2.58. The number of nitrogens with zero attached hydrogens (tertiary/aromatic N) is 2. The van der Waals surface area contributed by atoms with Crippen molar-refractivity contribution in [3.63, 3.8) is 0 Å². The largest absolute Gasteiger partial charge is 0.384 e. The highest BCUT2D eigenvalue weighted by molar-refractivity contribution is 5.44. The second kappa shape index (κ2) is 3.38. The van der Waals surface area contributed by atoms with Crippen LogP contribution in [-0.4, -0.2) is 9.78 Å². The highest BCUT2D eigenvalue weighted by atomic mass is 19.1. The van der Waals surface area contributed by atoms with Crippen LogP contribution in [0.25, 0.3) is 5.69 Å². The molecule has 1 heterocycles. The predicted molar refractivity (Wildman–Crippen MR) is 57.4 cm³/mol. The molecule has 1 aromatic heterocycles. The Morgan fingerprint density at radius 1 is 1.20 bits per heavy atom. The summed E-state index contributed by atoms with van der Waals surface area (Å²) in [5.41, 5.74) is 8.06. The van der Waals surface area contributed by atoms with Gasteiger partial charge in [-0.25, -0.2) is 9.07 Å². The lowest BCUT2D eigenvalue weighted by Crippen LogP contribution is -2.02. The molecule has 15 heavy (non-hydrogen) atoms. The number of halogens is 1. The van der Waals surface area contributed by atoms with E-state index in [-0.39, 0.29) is 5.82 Å². The van der Waals surface area contributed by atoms with E-state index < -0.39 is 0 Å². The third kappa shape index (κ3) is 1.83. The van der Waals surface area contributed by atoms with E-state index in [9.17, 15) is 4.39 Å². The summed E-state index contributed by atoms with van der Waals surface area (Å²) in [6.45, 7) is 3.68. The molecule has 2 aromatic rings. The molecular weight excluding hydrogens is 193 g/mol. The second-order valence-corrected chi connectivity index (χ2v) is 3.61. The molecule has 0 atom stereocenters. The first-order valence-corrected chi connectivity index (χ1v) is 4.66. The van der Waals surface area contributed by atoms with Crippen molar-refractivity contribution in [3.8, 4) is 5.69 Å². The number of nitrogen functional groups attached to an aromatic ring is 1.